The Balaban J connectivity index is 0.00000312. The number of pyridine rings is 1. The number of hydrogen-bond acceptors (Lipinski definition) is 3. The summed E-state index contributed by atoms with van der Waals surface area (Å²) in [4.78, 5) is 13.0. The van der Waals surface area contributed by atoms with Gasteiger partial charge in [-0.2, -0.15) is 0 Å². The van der Waals surface area contributed by atoms with Crippen molar-refractivity contribution in [3.63, 3.8) is 0 Å². The minimum Gasteiger partial charge on any atom is -0.356 e. The van der Waals surface area contributed by atoms with Crippen LogP contribution in [-0.4, -0.2) is 34.1 Å². The second kappa shape index (κ2) is 11.1. The fourth-order valence-corrected chi connectivity index (χ4v) is 2.51. The molecular weight excluding hydrogens is 427 g/mol. The molecule has 2 aromatic heterocycles. The molecule has 0 saturated carbocycles. The zero-order valence-electron chi connectivity index (χ0n) is 15.5. The minimum absolute atomic E-state index is 0. The van der Waals surface area contributed by atoms with E-state index < -0.39 is 0 Å². The van der Waals surface area contributed by atoms with Crippen molar-refractivity contribution in [2.75, 3.05) is 13.6 Å². The smallest absolute Gasteiger partial charge is 0.191 e. The van der Waals surface area contributed by atoms with Crippen LogP contribution < -0.4 is 10.6 Å². The summed E-state index contributed by atoms with van der Waals surface area (Å²) in [5.41, 5.74) is 1.11. The number of nitrogens with one attached hydrogen (secondary N) is 2. The van der Waals surface area contributed by atoms with Crippen molar-refractivity contribution in [2.45, 2.75) is 40.2 Å². The molecule has 6 nitrogen and oxygen atoms in total. The summed E-state index contributed by atoms with van der Waals surface area (Å²) in [7, 11) is 1.80. The molecule has 0 aliphatic heterocycles. The molecule has 138 valence electrons. The van der Waals surface area contributed by atoms with Gasteiger partial charge in [0.2, 0.25) is 0 Å². The van der Waals surface area contributed by atoms with Crippen LogP contribution in [0.5, 0.6) is 0 Å². The Bertz CT molecular complexity index is 646. The average Bonchev–Trinajstić information content (AvgIpc) is 3.05. The number of nitrogens with zero attached hydrogens (tertiary/aromatic N) is 4. The molecule has 7 heteroatoms. The van der Waals surface area contributed by atoms with E-state index in [0.29, 0.717) is 12.5 Å². The predicted octanol–water partition coefficient (Wildman–Crippen LogP) is 3.29. The molecule has 0 saturated heterocycles. The van der Waals surface area contributed by atoms with E-state index in [-0.39, 0.29) is 24.0 Å². The number of guanidine groups is 1. The molecule has 0 unspecified atom stereocenters. The van der Waals surface area contributed by atoms with Crippen molar-refractivity contribution in [3.8, 4) is 5.82 Å². The first kappa shape index (κ1) is 21.4. The summed E-state index contributed by atoms with van der Waals surface area (Å²) in [6, 6.07) is 4.08. The minimum atomic E-state index is 0. The second-order valence-electron chi connectivity index (χ2n) is 5.86. The number of aliphatic imine (C=N–C) groups is 1. The van der Waals surface area contributed by atoms with Crippen LogP contribution in [0.2, 0.25) is 0 Å². The summed E-state index contributed by atoms with van der Waals surface area (Å²) in [5.74, 6) is 3.32. The molecule has 0 fully saturated rings. The van der Waals surface area contributed by atoms with Gasteiger partial charge in [0, 0.05) is 38.7 Å². The van der Waals surface area contributed by atoms with Gasteiger partial charge in [0.1, 0.15) is 11.6 Å². The van der Waals surface area contributed by atoms with Gasteiger partial charge in [0.25, 0.3) is 0 Å². The first-order chi connectivity index (χ1) is 11.7. The Morgan fingerprint density at radius 2 is 1.96 bits per heavy atom. The first-order valence-corrected chi connectivity index (χ1v) is 8.57. The standard InChI is InChI=1S/C18H28N6.HI/c1-5-15(6-2)11-22-18(19-4)23-13-16-7-8-17(21-12-16)24-10-9-20-14(24)3;/h7-10,12,15H,5-6,11,13H2,1-4H3,(H2,19,22,23);1H. The van der Waals surface area contributed by atoms with E-state index in [9.17, 15) is 0 Å². The molecule has 0 radical (unpaired) electrons. The maximum absolute atomic E-state index is 4.51. The highest BCUT2D eigenvalue weighted by atomic mass is 127. The van der Waals surface area contributed by atoms with Crippen molar-refractivity contribution in [1.29, 1.82) is 0 Å². The molecule has 2 N–H and O–H groups in total. The van der Waals surface area contributed by atoms with Crippen molar-refractivity contribution < 1.29 is 0 Å². The van der Waals surface area contributed by atoms with Gasteiger partial charge in [0.15, 0.2) is 5.96 Å². The summed E-state index contributed by atoms with van der Waals surface area (Å²) in [5, 5.41) is 6.72. The van der Waals surface area contributed by atoms with Crippen LogP contribution >= 0.6 is 24.0 Å². The molecule has 0 aromatic carbocycles. The molecule has 0 atom stereocenters. The van der Waals surface area contributed by atoms with Crippen LogP contribution in [0, 0.1) is 12.8 Å². The van der Waals surface area contributed by atoms with Crippen LogP contribution in [0.1, 0.15) is 38.1 Å². The third-order valence-electron chi connectivity index (χ3n) is 4.28. The normalized spacial score (nSPS) is 11.3. The number of aryl methyl sites for hydroxylation is 1. The van der Waals surface area contributed by atoms with Crippen LogP contribution in [0.4, 0.5) is 0 Å². The zero-order valence-corrected chi connectivity index (χ0v) is 17.8. The largest absolute Gasteiger partial charge is 0.356 e. The fourth-order valence-electron chi connectivity index (χ4n) is 2.51. The number of halogens is 1. The Kier molecular flexibility index (Phi) is 9.48. The highest BCUT2D eigenvalue weighted by Crippen LogP contribution is 2.08. The third-order valence-corrected chi connectivity index (χ3v) is 4.28. The van der Waals surface area contributed by atoms with Gasteiger partial charge in [-0.1, -0.05) is 32.8 Å². The van der Waals surface area contributed by atoms with Crippen molar-refractivity contribution >= 4 is 29.9 Å². The third kappa shape index (κ3) is 6.30. The monoisotopic (exact) mass is 456 g/mol. The van der Waals surface area contributed by atoms with E-state index in [4.69, 9.17) is 0 Å². The molecule has 2 rings (SSSR count). The van der Waals surface area contributed by atoms with Crippen molar-refractivity contribution in [1.82, 2.24) is 25.2 Å². The Morgan fingerprint density at radius 3 is 2.48 bits per heavy atom. The molecule has 25 heavy (non-hydrogen) atoms. The maximum Gasteiger partial charge on any atom is 0.191 e. The number of hydrogen-bond donors (Lipinski definition) is 2. The van der Waals surface area contributed by atoms with Gasteiger partial charge in [-0.25, -0.2) is 9.97 Å². The Hall–Kier alpha value is -1.64. The zero-order chi connectivity index (χ0) is 17.4. The van der Waals surface area contributed by atoms with Gasteiger partial charge < -0.3 is 10.6 Å². The van der Waals surface area contributed by atoms with E-state index >= 15 is 0 Å². The molecular formula is C18H29IN6. The second-order valence-corrected chi connectivity index (χ2v) is 5.86. The van der Waals surface area contributed by atoms with Gasteiger partial charge in [-0.15, -0.1) is 24.0 Å². The first-order valence-electron chi connectivity index (χ1n) is 8.57. The summed E-state index contributed by atoms with van der Waals surface area (Å²) < 4.78 is 1.97. The van der Waals surface area contributed by atoms with Crippen LogP contribution in [0.3, 0.4) is 0 Å². The maximum atomic E-state index is 4.51. The number of rotatable bonds is 7. The van der Waals surface area contributed by atoms with Crippen LogP contribution in [0.15, 0.2) is 35.7 Å². The molecule has 0 aliphatic carbocycles. The lowest BCUT2D eigenvalue weighted by atomic mass is 10.0. The van der Waals surface area contributed by atoms with Gasteiger partial charge >= 0.3 is 0 Å². The van der Waals surface area contributed by atoms with E-state index in [1.54, 1.807) is 13.2 Å². The van der Waals surface area contributed by atoms with Gasteiger partial charge in [0.05, 0.1) is 0 Å². The fraction of sp³-hybridized carbons (Fsp3) is 0.500. The van der Waals surface area contributed by atoms with E-state index in [2.05, 4.69) is 45.5 Å². The highest BCUT2D eigenvalue weighted by Gasteiger charge is 2.06. The molecule has 0 spiro atoms. The quantitative estimate of drug-likeness (QED) is 0.381. The van der Waals surface area contributed by atoms with Crippen molar-refractivity contribution in [2.24, 2.45) is 10.9 Å². The molecule has 2 heterocycles. The van der Waals surface area contributed by atoms with E-state index in [0.717, 1.165) is 29.7 Å². The predicted molar refractivity (Wildman–Crippen MR) is 114 cm³/mol. The SMILES string of the molecule is CCC(CC)CNC(=NC)NCc1ccc(-n2ccnc2C)nc1.I. The van der Waals surface area contributed by atoms with Crippen LogP contribution in [0.25, 0.3) is 5.82 Å². The molecule has 0 aliphatic rings. The van der Waals surface area contributed by atoms with E-state index in [1.165, 1.54) is 12.8 Å². The summed E-state index contributed by atoms with van der Waals surface area (Å²) >= 11 is 0. The summed E-state index contributed by atoms with van der Waals surface area (Å²) in [6.45, 7) is 8.05. The highest BCUT2D eigenvalue weighted by molar-refractivity contribution is 14.0. The van der Waals surface area contributed by atoms with E-state index in [1.807, 2.05) is 30.0 Å². The van der Waals surface area contributed by atoms with Gasteiger partial charge in [-0.3, -0.25) is 9.56 Å². The number of aromatic nitrogens is 3. The van der Waals surface area contributed by atoms with Gasteiger partial charge in [-0.05, 0) is 24.5 Å². The molecule has 0 bridgehead atoms. The van der Waals surface area contributed by atoms with Crippen LogP contribution in [-0.2, 0) is 6.54 Å². The molecule has 0 amide bonds. The topological polar surface area (TPSA) is 67.1 Å². The Labute approximate surface area is 167 Å². The lowest BCUT2D eigenvalue weighted by molar-refractivity contribution is 0.481. The van der Waals surface area contributed by atoms with Crippen molar-refractivity contribution in [3.05, 3.63) is 42.1 Å². The average molecular weight is 456 g/mol. The molecule has 2 aromatic rings. The number of imidazole rings is 1. The summed E-state index contributed by atoms with van der Waals surface area (Å²) in [6.07, 6.45) is 7.94. The lowest BCUT2D eigenvalue weighted by Crippen LogP contribution is -2.39. The Morgan fingerprint density at radius 1 is 1.20 bits per heavy atom. The lowest BCUT2D eigenvalue weighted by Gasteiger charge is -2.16.